The first-order valence-electron chi connectivity index (χ1n) is 6.23. The number of halogens is 1. The molecule has 2 rings (SSSR count). The number of hydrogen-bond acceptors (Lipinski definition) is 2. The van der Waals surface area contributed by atoms with E-state index in [4.69, 9.17) is 29.6 Å². The van der Waals surface area contributed by atoms with Crippen LogP contribution in [0.1, 0.15) is 32.3 Å². The van der Waals surface area contributed by atoms with E-state index in [1.807, 2.05) is 18.2 Å². The van der Waals surface area contributed by atoms with Crippen molar-refractivity contribution in [1.29, 1.82) is 0 Å². The van der Waals surface area contributed by atoms with Crippen molar-refractivity contribution in [2.75, 3.05) is 18.0 Å². The zero-order valence-corrected chi connectivity index (χ0v) is 12.4. The number of thiocarbonyl (C=S) groups is 1. The summed E-state index contributed by atoms with van der Waals surface area (Å²) in [5.74, 6) is 0. The highest BCUT2D eigenvalue weighted by Crippen LogP contribution is 2.33. The summed E-state index contributed by atoms with van der Waals surface area (Å²) >= 11 is 11.2. The minimum absolute atomic E-state index is 0.339. The van der Waals surface area contributed by atoms with Gasteiger partial charge in [-0.15, -0.1) is 0 Å². The Morgan fingerprint density at radius 3 is 2.78 bits per heavy atom. The van der Waals surface area contributed by atoms with Gasteiger partial charge in [-0.3, -0.25) is 0 Å². The first-order valence-corrected chi connectivity index (χ1v) is 7.02. The van der Waals surface area contributed by atoms with Gasteiger partial charge in [0, 0.05) is 29.4 Å². The van der Waals surface area contributed by atoms with Gasteiger partial charge in [0.2, 0.25) is 0 Å². The second-order valence-electron chi connectivity index (χ2n) is 5.72. The van der Waals surface area contributed by atoms with Crippen LogP contribution in [0.3, 0.4) is 0 Å². The molecule has 98 valence electrons. The molecule has 1 fully saturated rings. The Kier molecular flexibility index (Phi) is 3.83. The van der Waals surface area contributed by atoms with Gasteiger partial charge in [0.1, 0.15) is 4.99 Å². The fourth-order valence-corrected chi connectivity index (χ4v) is 2.95. The largest absolute Gasteiger partial charge is 0.389 e. The van der Waals surface area contributed by atoms with Gasteiger partial charge < -0.3 is 10.6 Å². The normalized spacial score (nSPS) is 18.7. The molecule has 1 aliphatic rings. The van der Waals surface area contributed by atoms with Crippen molar-refractivity contribution in [1.82, 2.24) is 0 Å². The Morgan fingerprint density at radius 2 is 2.17 bits per heavy atom. The Balaban J connectivity index is 2.35. The standard InChI is InChI=1S/C14H19ClN2S/c1-14(2)6-3-7-17(9-14)12-5-4-10(15)8-11(12)13(16)18/h4-5,8H,3,6-7,9H2,1-2H3,(H2,16,18). The summed E-state index contributed by atoms with van der Waals surface area (Å²) in [4.78, 5) is 2.78. The molecule has 1 aliphatic heterocycles. The minimum Gasteiger partial charge on any atom is -0.389 e. The lowest BCUT2D eigenvalue weighted by Crippen LogP contribution is -2.40. The number of nitrogens with two attached hydrogens (primary N) is 1. The molecule has 0 saturated carbocycles. The lowest BCUT2D eigenvalue weighted by molar-refractivity contribution is 0.293. The number of piperidine rings is 1. The molecule has 0 aliphatic carbocycles. The molecule has 2 N–H and O–H groups in total. The zero-order valence-electron chi connectivity index (χ0n) is 10.9. The smallest absolute Gasteiger partial charge is 0.106 e. The first-order chi connectivity index (χ1) is 8.39. The zero-order chi connectivity index (χ0) is 13.3. The summed E-state index contributed by atoms with van der Waals surface area (Å²) in [6.45, 7) is 6.69. The third-order valence-electron chi connectivity index (χ3n) is 3.47. The maximum absolute atomic E-state index is 6.02. The van der Waals surface area contributed by atoms with E-state index in [9.17, 15) is 0 Å². The van der Waals surface area contributed by atoms with Gasteiger partial charge in [-0.05, 0) is 36.5 Å². The number of hydrogen-bond donors (Lipinski definition) is 1. The van der Waals surface area contributed by atoms with Crippen molar-refractivity contribution in [2.24, 2.45) is 11.1 Å². The number of rotatable bonds is 2. The molecule has 4 heteroatoms. The maximum Gasteiger partial charge on any atom is 0.106 e. The Labute approximate surface area is 119 Å². The minimum atomic E-state index is 0.339. The van der Waals surface area contributed by atoms with E-state index in [0.29, 0.717) is 15.4 Å². The molecular weight excluding hydrogens is 264 g/mol. The van der Waals surface area contributed by atoms with E-state index < -0.39 is 0 Å². The quantitative estimate of drug-likeness (QED) is 0.841. The second kappa shape index (κ2) is 5.06. The lowest BCUT2D eigenvalue weighted by Gasteiger charge is -2.40. The molecule has 0 spiro atoms. The first kappa shape index (κ1) is 13.6. The summed E-state index contributed by atoms with van der Waals surface area (Å²) in [5.41, 5.74) is 8.14. The third kappa shape index (κ3) is 2.96. The van der Waals surface area contributed by atoms with Crippen LogP contribution < -0.4 is 10.6 Å². The lowest BCUT2D eigenvalue weighted by atomic mass is 9.84. The Bertz CT molecular complexity index is 471. The van der Waals surface area contributed by atoms with Gasteiger partial charge in [0.25, 0.3) is 0 Å². The van der Waals surface area contributed by atoms with Gasteiger partial charge in [0.05, 0.1) is 0 Å². The maximum atomic E-state index is 6.02. The van der Waals surface area contributed by atoms with E-state index in [1.54, 1.807) is 0 Å². The van der Waals surface area contributed by atoms with E-state index in [-0.39, 0.29) is 0 Å². The van der Waals surface area contributed by atoms with E-state index in [1.165, 1.54) is 12.8 Å². The van der Waals surface area contributed by atoms with Gasteiger partial charge in [0.15, 0.2) is 0 Å². The average Bonchev–Trinajstić information content (AvgIpc) is 2.27. The molecule has 0 unspecified atom stereocenters. The molecule has 0 atom stereocenters. The van der Waals surface area contributed by atoms with Crippen molar-refractivity contribution in [3.05, 3.63) is 28.8 Å². The fourth-order valence-electron chi connectivity index (χ4n) is 2.61. The Hall–Kier alpha value is -0.800. The van der Waals surface area contributed by atoms with Gasteiger partial charge >= 0.3 is 0 Å². The van der Waals surface area contributed by atoms with Crippen molar-refractivity contribution >= 4 is 34.5 Å². The molecule has 1 aromatic carbocycles. The van der Waals surface area contributed by atoms with Crippen molar-refractivity contribution in [3.8, 4) is 0 Å². The van der Waals surface area contributed by atoms with Crippen molar-refractivity contribution < 1.29 is 0 Å². The topological polar surface area (TPSA) is 29.3 Å². The van der Waals surface area contributed by atoms with Gasteiger partial charge in [-0.1, -0.05) is 37.7 Å². The Morgan fingerprint density at radius 1 is 1.44 bits per heavy atom. The SMILES string of the molecule is CC1(C)CCCN(c2ccc(Cl)cc2C(N)=S)C1. The summed E-state index contributed by atoms with van der Waals surface area (Å²) in [7, 11) is 0. The van der Waals surface area contributed by atoms with Crippen LogP contribution in [-0.4, -0.2) is 18.1 Å². The summed E-state index contributed by atoms with van der Waals surface area (Å²) in [6.07, 6.45) is 2.46. The highest BCUT2D eigenvalue weighted by atomic mass is 35.5. The molecule has 0 amide bonds. The average molecular weight is 283 g/mol. The highest BCUT2D eigenvalue weighted by molar-refractivity contribution is 7.80. The second-order valence-corrected chi connectivity index (χ2v) is 6.59. The predicted octanol–water partition coefficient (Wildman–Crippen LogP) is 3.60. The van der Waals surface area contributed by atoms with Crippen molar-refractivity contribution in [2.45, 2.75) is 26.7 Å². The molecule has 0 aromatic heterocycles. The highest BCUT2D eigenvalue weighted by Gasteiger charge is 2.27. The van der Waals surface area contributed by atoms with Crippen LogP contribution >= 0.6 is 23.8 Å². The van der Waals surface area contributed by atoms with Crippen LogP contribution in [-0.2, 0) is 0 Å². The molecule has 0 radical (unpaired) electrons. The molecule has 1 aromatic rings. The molecule has 18 heavy (non-hydrogen) atoms. The number of benzene rings is 1. The summed E-state index contributed by atoms with van der Waals surface area (Å²) in [6, 6.07) is 5.79. The fraction of sp³-hybridized carbons (Fsp3) is 0.500. The van der Waals surface area contributed by atoms with Crippen LogP contribution in [0.25, 0.3) is 0 Å². The number of nitrogens with zero attached hydrogens (tertiary/aromatic N) is 1. The summed E-state index contributed by atoms with van der Waals surface area (Å²) < 4.78 is 0. The van der Waals surface area contributed by atoms with E-state index >= 15 is 0 Å². The molecule has 2 nitrogen and oxygen atoms in total. The van der Waals surface area contributed by atoms with Crippen LogP contribution in [0.5, 0.6) is 0 Å². The van der Waals surface area contributed by atoms with Crippen LogP contribution in [0.2, 0.25) is 5.02 Å². The van der Waals surface area contributed by atoms with Crippen LogP contribution in [0.15, 0.2) is 18.2 Å². The number of anilines is 1. The third-order valence-corrected chi connectivity index (χ3v) is 3.92. The van der Waals surface area contributed by atoms with E-state index in [2.05, 4.69) is 18.7 Å². The monoisotopic (exact) mass is 282 g/mol. The van der Waals surface area contributed by atoms with E-state index in [0.717, 1.165) is 24.3 Å². The van der Waals surface area contributed by atoms with Gasteiger partial charge in [-0.2, -0.15) is 0 Å². The molecule has 1 heterocycles. The summed E-state index contributed by atoms with van der Waals surface area (Å²) in [5, 5.41) is 0.679. The van der Waals surface area contributed by atoms with Crippen molar-refractivity contribution in [3.63, 3.8) is 0 Å². The van der Waals surface area contributed by atoms with Gasteiger partial charge in [-0.25, -0.2) is 0 Å². The van der Waals surface area contributed by atoms with Crippen LogP contribution in [0.4, 0.5) is 5.69 Å². The molecular formula is C14H19ClN2S. The predicted molar refractivity (Wildman–Crippen MR) is 82.6 cm³/mol. The molecule has 1 saturated heterocycles. The van der Waals surface area contributed by atoms with Crippen LogP contribution in [0, 0.1) is 5.41 Å². The molecule has 0 bridgehead atoms.